The average Bonchev–Trinajstić information content (AvgIpc) is 4.02. The lowest BCUT2D eigenvalue weighted by Crippen LogP contribution is -2.47. The molecule has 3 aromatic carbocycles. The van der Waals surface area contributed by atoms with Gasteiger partial charge in [0.25, 0.3) is 21.6 Å². The van der Waals surface area contributed by atoms with E-state index < -0.39 is 41.2 Å². The summed E-state index contributed by atoms with van der Waals surface area (Å²) in [6.45, 7) is 10.9. The molecule has 1 saturated carbocycles. The molecule has 1 amide bonds. The molecule has 3 aliphatic heterocycles. The first-order valence-electron chi connectivity index (χ1n) is 24.2. The number of hydrogen-bond acceptors (Lipinski definition) is 13. The fourth-order valence-corrected chi connectivity index (χ4v) is 13.5. The quantitative estimate of drug-likeness (QED) is 0.0796. The SMILES string of the molecule is CC1(C)CCC(CN2CCN(c3ccc(C(=O)NS(=O)(=O)c4cc5c(c([N+](=O)[O-])c4)C[C@H](CCN4CCS(=O)(=NC6CC6)CC4)CO5)c(Oc4cnc5[nH]ccc5c4)c3)CC2)=C(c2ccc(Cl)cc2)C1. The Bertz CT molecular complexity index is 3090. The molecule has 16 nitrogen and oxygen atoms in total. The molecule has 3 fully saturated rings. The summed E-state index contributed by atoms with van der Waals surface area (Å²) in [5, 5.41) is 14.0. The van der Waals surface area contributed by atoms with E-state index in [9.17, 15) is 27.5 Å². The zero-order valence-electron chi connectivity index (χ0n) is 39.5. The monoisotopic (exact) mass is 1010 g/mol. The van der Waals surface area contributed by atoms with Crippen molar-refractivity contribution in [1.29, 1.82) is 0 Å². The lowest BCUT2D eigenvalue weighted by molar-refractivity contribution is -0.386. The van der Waals surface area contributed by atoms with Crippen LogP contribution in [0.2, 0.25) is 5.02 Å². The Hall–Kier alpha value is -5.53. The van der Waals surface area contributed by atoms with Crippen LogP contribution >= 0.6 is 11.6 Å². The number of sulfonamides is 1. The van der Waals surface area contributed by atoms with Crippen LogP contribution in [0.3, 0.4) is 0 Å². The van der Waals surface area contributed by atoms with Gasteiger partial charge in [-0.05, 0) is 110 Å². The Labute approximate surface area is 414 Å². The number of nitro groups is 1. The van der Waals surface area contributed by atoms with Gasteiger partial charge in [-0.2, -0.15) is 0 Å². The smallest absolute Gasteiger partial charge is 0.277 e. The Kier molecular flexibility index (Phi) is 13.5. The van der Waals surface area contributed by atoms with Gasteiger partial charge in [0.2, 0.25) is 0 Å². The number of fused-ring (bicyclic) bond motifs is 2. The van der Waals surface area contributed by atoms with E-state index in [1.54, 1.807) is 30.5 Å². The van der Waals surface area contributed by atoms with Gasteiger partial charge in [0, 0.05) is 108 Å². The largest absolute Gasteiger partial charge is 0.493 e. The van der Waals surface area contributed by atoms with Crippen LogP contribution in [-0.2, 0) is 26.2 Å². The second kappa shape index (κ2) is 19.6. The highest BCUT2D eigenvalue weighted by molar-refractivity contribution is 7.93. The maximum Gasteiger partial charge on any atom is 0.277 e. The number of piperazine rings is 1. The summed E-state index contributed by atoms with van der Waals surface area (Å²) in [4.78, 5) is 40.0. The lowest BCUT2D eigenvalue weighted by Gasteiger charge is -2.39. The van der Waals surface area contributed by atoms with Crippen LogP contribution in [0, 0.1) is 21.4 Å². The third-order valence-corrected chi connectivity index (χ3v) is 18.3. The summed E-state index contributed by atoms with van der Waals surface area (Å²) in [5.41, 5.74) is 5.63. The number of anilines is 1. The van der Waals surface area contributed by atoms with Crippen molar-refractivity contribution in [2.24, 2.45) is 15.7 Å². The Morgan fingerprint density at radius 2 is 1.80 bits per heavy atom. The fourth-order valence-electron chi connectivity index (χ4n) is 10.1. The van der Waals surface area contributed by atoms with Crippen LogP contribution in [0.5, 0.6) is 17.2 Å². The highest BCUT2D eigenvalue weighted by atomic mass is 35.5. The number of benzene rings is 3. The number of aromatic nitrogens is 2. The molecular formula is C51H59ClN8O8S2. The number of H-pyrrole nitrogens is 1. The van der Waals surface area contributed by atoms with Crippen molar-refractivity contribution in [3.63, 3.8) is 0 Å². The molecular weight excluding hydrogens is 952 g/mol. The van der Waals surface area contributed by atoms with Crippen molar-refractivity contribution in [1.82, 2.24) is 24.5 Å². The summed E-state index contributed by atoms with van der Waals surface area (Å²) in [5.74, 6) is 0.641. The molecule has 19 heteroatoms. The van der Waals surface area contributed by atoms with Crippen LogP contribution in [0.25, 0.3) is 16.6 Å². The van der Waals surface area contributed by atoms with E-state index >= 15 is 0 Å². The minimum atomic E-state index is -4.66. The number of pyridine rings is 1. The summed E-state index contributed by atoms with van der Waals surface area (Å²) in [7, 11) is -6.81. The van der Waals surface area contributed by atoms with E-state index in [1.807, 2.05) is 18.2 Å². The van der Waals surface area contributed by atoms with Crippen molar-refractivity contribution in [2.75, 3.05) is 75.4 Å². The highest BCUT2D eigenvalue weighted by Gasteiger charge is 2.34. The predicted octanol–water partition coefficient (Wildman–Crippen LogP) is 8.71. The maximum atomic E-state index is 14.1. The molecule has 2 aliphatic carbocycles. The molecule has 0 bridgehead atoms. The molecule has 0 spiro atoms. The number of aromatic amines is 1. The fraction of sp³-hybridized carbons (Fsp3) is 0.451. The molecule has 370 valence electrons. The molecule has 70 heavy (non-hydrogen) atoms. The predicted molar refractivity (Wildman–Crippen MR) is 272 cm³/mol. The maximum absolute atomic E-state index is 14.1. The molecule has 10 rings (SSSR count). The molecule has 2 N–H and O–H groups in total. The van der Waals surface area contributed by atoms with E-state index in [-0.39, 0.29) is 41.0 Å². The van der Waals surface area contributed by atoms with Crippen LogP contribution in [0.1, 0.15) is 73.9 Å². The van der Waals surface area contributed by atoms with Crippen LogP contribution in [0.4, 0.5) is 11.4 Å². The third kappa shape index (κ3) is 11.0. The molecule has 0 unspecified atom stereocenters. The van der Waals surface area contributed by atoms with Crippen molar-refractivity contribution in [3.8, 4) is 17.2 Å². The minimum Gasteiger partial charge on any atom is -0.493 e. The van der Waals surface area contributed by atoms with Gasteiger partial charge < -0.3 is 24.3 Å². The van der Waals surface area contributed by atoms with E-state index in [0.717, 1.165) is 80.4 Å². The summed E-state index contributed by atoms with van der Waals surface area (Å²) in [6.07, 6.45) is 9.54. The molecule has 5 aliphatic rings. The van der Waals surface area contributed by atoms with Gasteiger partial charge in [-0.15, -0.1) is 0 Å². The molecule has 2 aromatic heterocycles. The number of carbonyl (C=O) groups excluding carboxylic acids is 1. The van der Waals surface area contributed by atoms with Gasteiger partial charge in [0.15, 0.2) is 0 Å². The van der Waals surface area contributed by atoms with E-state index in [1.165, 1.54) is 29.0 Å². The van der Waals surface area contributed by atoms with Gasteiger partial charge in [-0.3, -0.25) is 19.8 Å². The molecule has 5 aromatic rings. The molecule has 2 saturated heterocycles. The summed E-state index contributed by atoms with van der Waals surface area (Å²) < 4.78 is 60.3. The minimum absolute atomic E-state index is 0.0461. The van der Waals surface area contributed by atoms with Crippen molar-refractivity contribution in [3.05, 3.63) is 117 Å². The lowest BCUT2D eigenvalue weighted by atomic mass is 9.72. The zero-order chi connectivity index (χ0) is 48.8. The number of ether oxygens (including phenoxy) is 2. The van der Waals surface area contributed by atoms with Gasteiger partial charge in [0.05, 0.1) is 39.8 Å². The normalized spacial score (nSPS) is 20.7. The van der Waals surface area contributed by atoms with Gasteiger partial charge in [-0.1, -0.05) is 43.2 Å². The van der Waals surface area contributed by atoms with Gasteiger partial charge in [-0.25, -0.2) is 26.7 Å². The average molecular weight is 1010 g/mol. The number of halogens is 1. The van der Waals surface area contributed by atoms with Gasteiger partial charge in [0.1, 0.15) is 22.9 Å². The van der Waals surface area contributed by atoms with E-state index in [4.69, 9.17) is 21.1 Å². The van der Waals surface area contributed by atoms with Crippen LogP contribution in [0.15, 0.2) is 94.0 Å². The number of allylic oxidation sites excluding steroid dienone is 1. The second-order valence-electron chi connectivity index (χ2n) is 20.2. The van der Waals surface area contributed by atoms with Crippen LogP contribution in [-0.4, -0.2) is 120 Å². The highest BCUT2D eigenvalue weighted by Crippen LogP contribution is 2.44. The molecule has 1 atom stereocenters. The number of nitrogens with zero attached hydrogens (tertiary/aromatic N) is 6. The number of amides is 1. The third-order valence-electron chi connectivity index (χ3n) is 14.4. The van der Waals surface area contributed by atoms with Crippen molar-refractivity contribution in [2.45, 2.75) is 69.7 Å². The molecule has 0 radical (unpaired) electrons. The van der Waals surface area contributed by atoms with Crippen molar-refractivity contribution >= 4 is 65.2 Å². The first kappa shape index (κ1) is 48.1. The standard InChI is InChI=1S/C51H59ClN8O8S2/c1-51(2)14-11-37(45(30-51)35-3-5-38(52)6-4-35)32-58-17-19-59(20-18-58)40-9-10-43(48(27-40)68-41-26-36-12-15-53-49(36)54-31-41)50(61)56-70(65,66)42-28-46(60(62)63)44-25-34(33-67-47(44)29-42)13-16-57-21-23-69(64,24-22-57)55-39-7-8-39/h3-6,9-10,12,15,26-29,31,34,39H,7-8,11,13-14,16-25,30,32-33H2,1-2H3,(H,53,54)(H,56,61)/t34-/m0/s1. The van der Waals surface area contributed by atoms with E-state index in [0.29, 0.717) is 67.5 Å². The second-order valence-corrected chi connectivity index (χ2v) is 24.9. The summed E-state index contributed by atoms with van der Waals surface area (Å²) in [6, 6.07) is 19.4. The Balaban J connectivity index is 0.838. The number of hydrogen-bond donors (Lipinski definition) is 2. The topological polar surface area (TPSA) is 193 Å². The van der Waals surface area contributed by atoms with Gasteiger partial charge >= 0.3 is 0 Å². The Morgan fingerprint density at radius 3 is 2.54 bits per heavy atom. The number of nitro benzene ring substituents is 1. The molecule has 5 heterocycles. The summed E-state index contributed by atoms with van der Waals surface area (Å²) >= 11 is 6.26. The van der Waals surface area contributed by atoms with E-state index in [2.05, 4.69) is 59.7 Å². The number of carbonyl (C=O) groups is 1. The number of rotatable bonds is 14. The van der Waals surface area contributed by atoms with Crippen LogP contribution < -0.4 is 19.1 Å². The first-order chi connectivity index (χ1) is 33.5. The van der Waals surface area contributed by atoms with Crippen molar-refractivity contribution < 1.29 is 31.8 Å². The zero-order valence-corrected chi connectivity index (χ0v) is 41.9. The first-order valence-corrected chi connectivity index (χ1v) is 27.9. The number of nitrogens with one attached hydrogen (secondary N) is 2. The Morgan fingerprint density at radius 1 is 1.03 bits per heavy atom.